The summed E-state index contributed by atoms with van der Waals surface area (Å²) < 4.78 is 43.2. The SMILES string of the molecule is COCCCNC(=O)c1cccc(C(F)(F)F)c1NN. The number of carbonyl (C=O) groups is 1. The van der Waals surface area contributed by atoms with Crippen molar-refractivity contribution in [3.8, 4) is 0 Å². The number of nitrogens with one attached hydrogen (secondary N) is 2. The third-order valence-electron chi connectivity index (χ3n) is 2.57. The molecule has 112 valence electrons. The van der Waals surface area contributed by atoms with Crippen LogP contribution in [0.3, 0.4) is 0 Å². The summed E-state index contributed by atoms with van der Waals surface area (Å²) in [4.78, 5) is 11.9. The van der Waals surface area contributed by atoms with E-state index in [1.807, 2.05) is 5.43 Å². The highest BCUT2D eigenvalue weighted by Gasteiger charge is 2.35. The van der Waals surface area contributed by atoms with Crippen molar-refractivity contribution in [3.05, 3.63) is 29.3 Å². The van der Waals surface area contributed by atoms with Crippen LogP contribution in [0.5, 0.6) is 0 Å². The number of anilines is 1. The second kappa shape index (κ2) is 7.11. The normalized spacial score (nSPS) is 11.2. The van der Waals surface area contributed by atoms with Crippen LogP contribution in [0.2, 0.25) is 0 Å². The Morgan fingerprint density at radius 1 is 1.40 bits per heavy atom. The molecular weight excluding hydrogens is 275 g/mol. The molecule has 0 fully saturated rings. The molecule has 0 aliphatic rings. The van der Waals surface area contributed by atoms with Gasteiger partial charge in [0.15, 0.2) is 0 Å². The van der Waals surface area contributed by atoms with Crippen molar-refractivity contribution >= 4 is 11.6 Å². The lowest BCUT2D eigenvalue weighted by molar-refractivity contribution is -0.137. The smallest absolute Gasteiger partial charge is 0.385 e. The average molecular weight is 291 g/mol. The zero-order valence-electron chi connectivity index (χ0n) is 10.9. The van der Waals surface area contributed by atoms with E-state index in [2.05, 4.69) is 5.32 Å². The minimum Gasteiger partial charge on any atom is -0.385 e. The number of alkyl halides is 3. The van der Waals surface area contributed by atoms with E-state index in [1.165, 1.54) is 13.2 Å². The van der Waals surface area contributed by atoms with Crippen molar-refractivity contribution in [1.82, 2.24) is 5.32 Å². The van der Waals surface area contributed by atoms with Crippen LogP contribution in [-0.2, 0) is 10.9 Å². The largest absolute Gasteiger partial charge is 0.418 e. The zero-order valence-corrected chi connectivity index (χ0v) is 10.9. The molecule has 1 aromatic rings. The van der Waals surface area contributed by atoms with Gasteiger partial charge in [0.25, 0.3) is 5.91 Å². The maximum atomic E-state index is 12.8. The number of amides is 1. The molecular formula is C12H16F3N3O2. The molecule has 0 atom stereocenters. The lowest BCUT2D eigenvalue weighted by Crippen LogP contribution is -2.28. The van der Waals surface area contributed by atoms with Crippen molar-refractivity contribution in [2.75, 3.05) is 25.7 Å². The van der Waals surface area contributed by atoms with Crippen molar-refractivity contribution in [3.63, 3.8) is 0 Å². The predicted molar refractivity (Wildman–Crippen MR) is 68.1 cm³/mol. The van der Waals surface area contributed by atoms with Crippen molar-refractivity contribution in [2.45, 2.75) is 12.6 Å². The number of nitrogens with two attached hydrogens (primary N) is 1. The van der Waals surface area contributed by atoms with Gasteiger partial charge in [-0.3, -0.25) is 10.6 Å². The van der Waals surface area contributed by atoms with Crippen LogP contribution in [0.4, 0.5) is 18.9 Å². The van der Waals surface area contributed by atoms with Crippen LogP contribution in [0.25, 0.3) is 0 Å². The molecule has 0 spiro atoms. The molecule has 1 amide bonds. The first-order chi connectivity index (χ1) is 9.41. The first kappa shape index (κ1) is 16.3. The molecule has 0 radical (unpaired) electrons. The molecule has 8 heteroatoms. The summed E-state index contributed by atoms with van der Waals surface area (Å²) >= 11 is 0. The number of para-hydroxylation sites is 1. The maximum absolute atomic E-state index is 12.8. The quantitative estimate of drug-likeness (QED) is 0.424. The fourth-order valence-electron chi connectivity index (χ4n) is 1.65. The number of benzene rings is 1. The number of nitrogen functional groups attached to an aromatic ring is 1. The third-order valence-corrected chi connectivity index (χ3v) is 2.57. The zero-order chi connectivity index (χ0) is 15.2. The van der Waals surface area contributed by atoms with E-state index in [-0.39, 0.29) is 5.56 Å². The first-order valence-electron chi connectivity index (χ1n) is 5.85. The number of methoxy groups -OCH3 is 1. The van der Waals surface area contributed by atoms with Crippen LogP contribution >= 0.6 is 0 Å². The highest BCUT2D eigenvalue weighted by Crippen LogP contribution is 2.36. The Morgan fingerprint density at radius 2 is 2.10 bits per heavy atom. The Kier molecular flexibility index (Phi) is 5.78. The Labute approximate surface area is 114 Å². The van der Waals surface area contributed by atoms with Gasteiger partial charge in [-0.1, -0.05) is 6.07 Å². The minimum absolute atomic E-state index is 0.153. The summed E-state index contributed by atoms with van der Waals surface area (Å²) in [5.74, 6) is 4.49. The number of ether oxygens (including phenoxy) is 1. The number of hydrazine groups is 1. The minimum atomic E-state index is -4.59. The molecule has 0 aliphatic heterocycles. The van der Waals surface area contributed by atoms with Gasteiger partial charge < -0.3 is 15.5 Å². The molecule has 0 unspecified atom stereocenters. The van der Waals surface area contributed by atoms with Gasteiger partial charge in [0.1, 0.15) is 0 Å². The number of rotatable bonds is 6. The molecule has 0 aromatic heterocycles. The van der Waals surface area contributed by atoms with Gasteiger partial charge in [-0.25, -0.2) is 0 Å². The van der Waals surface area contributed by atoms with Gasteiger partial charge in [-0.15, -0.1) is 0 Å². The molecule has 0 aliphatic carbocycles. The van der Waals surface area contributed by atoms with E-state index in [0.717, 1.165) is 12.1 Å². The molecule has 0 heterocycles. The molecule has 5 nitrogen and oxygen atoms in total. The van der Waals surface area contributed by atoms with E-state index in [1.54, 1.807) is 0 Å². The Hall–Kier alpha value is -1.80. The second-order valence-corrected chi connectivity index (χ2v) is 3.97. The van der Waals surface area contributed by atoms with E-state index >= 15 is 0 Å². The summed E-state index contributed by atoms with van der Waals surface area (Å²) in [6, 6.07) is 3.29. The number of halogens is 3. The van der Waals surface area contributed by atoms with Crippen LogP contribution in [0, 0.1) is 0 Å². The van der Waals surface area contributed by atoms with Crippen molar-refractivity contribution in [1.29, 1.82) is 0 Å². The Balaban J connectivity index is 2.92. The van der Waals surface area contributed by atoms with E-state index in [4.69, 9.17) is 10.6 Å². The van der Waals surface area contributed by atoms with Crippen LogP contribution in [0.1, 0.15) is 22.3 Å². The fourth-order valence-corrected chi connectivity index (χ4v) is 1.65. The summed E-state index contributed by atoms with van der Waals surface area (Å²) in [7, 11) is 1.52. The van der Waals surface area contributed by atoms with Crippen molar-refractivity contribution < 1.29 is 22.7 Å². The summed E-state index contributed by atoms with van der Waals surface area (Å²) in [6.45, 7) is 0.748. The molecule has 0 bridgehead atoms. The van der Waals surface area contributed by atoms with Gasteiger partial charge in [-0.05, 0) is 18.6 Å². The molecule has 1 rings (SSSR count). The number of hydrogen-bond donors (Lipinski definition) is 3. The topological polar surface area (TPSA) is 76.4 Å². The molecule has 4 N–H and O–H groups in total. The van der Waals surface area contributed by atoms with Crippen LogP contribution < -0.4 is 16.6 Å². The predicted octanol–water partition coefficient (Wildman–Crippen LogP) is 1.76. The first-order valence-corrected chi connectivity index (χ1v) is 5.85. The fraction of sp³-hybridized carbons (Fsp3) is 0.417. The van der Waals surface area contributed by atoms with E-state index in [9.17, 15) is 18.0 Å². The van der Waals surface area contributed by atoms with Crippen LogP contribution in [-0.4, -0.2) is 26.2 Å². The monoisotopic (exact) mass is 291 g/mol. The molecule has 1 aromatic carbocycles. The van der Waals surface area contributed by atoms with E-state index in [0.29, 0.717) is 19.6 Å². The molecule has 20 heavy (non-hydrogen) atoms. The van der Waals surface area contributed by atoms with Gasteiger partial charge in [0, 0.05) is 20.3 Å². The summed E-state index contributed by atoms with van der Waals surface area (Å²) in [5, 5.41) is 2.51. The average Bonchev–Trinajstić information content (AvgIpc) is 2.41. The Bertz CT molecular complexity index is 464. The van der Waals surface area contributed by atoms with Gasteiger partial charge >= 0.3 is 6.18 Å². The van der Waals surface area contributed by atoms with Gasteiger partial charge in [0.05, 0.1) is 16.8 Å². The van der Waals surface area contributed by atoms with E-state index < -0.39 is 23.3 Å². The van der Waals surface area contributed by atoms with Crippen LogP contribution in [0.15, 0.2) is 18.2 Å². The second-order valence-electron chi connectivity index (χ2n) is 3.97. The summed E-state index contributed by atoms with van der Waals surface area (Å²) in [5.41, 5.74) is 0.372. The highest BCUT2D eigenvalue weighted by atomic mass is 19.4. The lowest BCUT2D eigenvalue weighted by atomic mass is 10.1. The molecule has 0 saturated carbocycles. The third kappa shape index (κ3) is 4.10. The number of carbonyl (C=O) groups excluding carboxylic acids is 1. The van der Waals surface area contributed by atoms with Gasteiger partial charge in [-0.2, -0.15) is 13.2 Å². The maximum Gasteiger partial charge on any atom is 0.418 e. The standard InChI is InChI=1S/C12H16F3N3O2/c1-20-7-3-6-17-11(19)8-4-2-5-9(10(8)18-16)12(13,14)15/h2,4-5,18H,3,6-7,16H2,1H3,(H,17,19). The van der Waals surface area contributed by atoms with Crippen molar-refractivity contribution in [2.24, 2.45) is 5.84 Å². The Morgan fingerprint density at radius 3 is 2.65 bits per heavy atom. The molecule has 0 saturated heterocycles. The summed E-state index contributed by atoms with van der Waals surface area (Å²) in [6.07, 6.45) is -4.03. The number of hydrogen-bond acceptors (Lipinski definition) is 4. The lowest BCUT2D eigenvalue weighted by Gasteiger charge is -2.16. The van der Waals surface area contributed by atoms with Gasteiger partial charge in [0.2, 0.25) is 0 Å². The highest BCUT2D eigenvalue weighted by molar-refractivity contribution is 6.00.